The molecule has 0 rings (SSSR count). The fraction of sp³-hybridized carbons (Fsp3) is 0.942. The van der Waals surface area contributed by atoms with Gasteiger partial charge in [-0.3, -0.25) is 37.3 Å². The van der Waals surface area contributed by atoms with E-state index < -0.39 is 97.5 Å². The van der Waals surface area contributed by atoms with Gasteiger partial charge in [0.15, 0.2) is 12.2 Å². The molecule has 88 heavy (non-hydrogen) atoms. The van der Waals surface area contributed by atoms with E-state index in [-0.39, 0.29) is 25.7 Å². The summed E-state index contributed by atoms with van der Waals surface area (Å²) >= 11 is 0. The van der Waals surface area contributed by atoms with Gasteiger partial charge in [0, 0.05) is 25.7 Å². The Hall–Kier alpha value is -1.94. The highest BCUT2D eigenvalue weighted by atomic mass is 31.2. The number of hydrogen-bond donors (Lipinski definition) is 3. The van der Waals surface area contributed by atoms with Crippen LogP contribution < -0.4 is 0 Å². The van der Waals surface area contributed by atoms with Gasteiger partial charge in [0.25, 0.3) is 0 Å². The van der Waals surface area contributed by atoms with E-state index in [1.54, 1.807) is 0 Å². The molecule has 0 saturated heterocycles. The van der Waals surface area contributed by atoms with Gasteiger partial charge in [0.2, 0.25) is 0 Å². The minimum absolute atomic E-state index is 0.102. The molecule has 0 amide bonds. The average Bonchev–Trinajstić information content (AvgIpc) is 3.52. The molecule has 0 aromatic carbocycles. The number of carbonyl (C=O) groups is 4. The summed E-state index contributed by atoms with van der Waals surface area (Å²) in [6, 6.07) is 0. The van der Waals surface area contributed by atoms with Crippen LogP contribution in [-0.2, 0) is 65.4 Å². The summed E-state index contributed by atoms with van der Waals surface area (Å²) in [4.78, 5) is 72.1. The molecule has 3 unspecified atom stereocenters. The lowest BCUT2D eigenvalue weighted by molar-refractivity contribution is -0.161. The molecular weight excluding hydrogens is 1160 g/mol. The number of phosphoric ester groups is 2. The Kier molecular flexibility index (Phi) is 58.7. The van der Waals surface area contributed by atoms with Crippen LogP contribution in [0.1, 0.15) is 344 Å². The molecule has 0 aliphatic heterocycles. The first-order chi connectivity index (χ1) is 42.3. The highest BCUT2D eigenvalue weighted by Gasteiger charge is 2.30. The molecule has 0 fully saturated rings. The van der Waals surface area contributed by atoms with Crippen LogP contribution in [0.3, 0.4) is 0 Å². The predicted molar refractivity (Wildman–Crippen MR) is 354 cm³/mol. The van der Waals surface area contributed by atoms with Crippen molar-refractivity contribution in [3.05, 3.63) is 0 Å². The SMILES string of the molecule is CCCCCCCC(=O)OC[C@H](COP(=O)(O)OC[C@H](O)COP(=O)(O)OC[C@@H](COC(=O)CCCCCCCCCCC(C)C)OC(=O)CCCCCCCCCCCCCCCCCCCCC(C)CC)OC(=O)CCCCCCCCCC(C)C. The number of unbranched alkanes of at least 4 members (excludes halogenated alkanes) is 34. The topological polar surface area (TPSA) is 237 Å². The number of esters is 4. The summed E-state index contributed by atoms with van der Waals surface area (Å²) in [5, 5.41) is 10.5. The molecule has 0 spiro atoms. The second-order valence-corrected chi connectivity index (χ2v) is 29.0. The van der Waals surface area contributed by atoms with Crippen LogP contribution in [0.25, 0.3) is 0 Å². The standard InChI is InChI=1S/C69H134O17P2/c1-8-10-11-33-43-50-66(71)79-56-64(85-69(74)53-46-39-32-26-28-35-41-48-61(5)6)58-83-87(75,76)81-54-63(70)55-82-88(77,78)84-59-65(57-80-67(72)51-44-37-30-25-24-27-34-40-47-60(3)4)86-68(73)52-45-38-31-23-21-19-17-15-13-12-14-16-18-20-22-29-36-42-49-62(7)9-2/h60-65,70H,8-59H2,1-7H3,(H,75,76)(H,77,78)/t62?,63-,64+,65+/m0/s1. The van der Waals surface area contributed by atoms with Gasteiger partial charge < -0.3 is 33.8 Å². The van der Waals surface area contributed by atoms with Crippen LogP contribution in [0.15, 0.2) is 0 Å². The lowest BCUT2D eigenvalue weighted by atomic mass is 9.99. The second kappa shape index (κ2) is 60.0. The summed E-state index contributed by atoms with van der Waals surface area (Å²) in [5.74, 6) is 0.150. The van der Waals surface area contributed by atoms with Gasteiger partial charge in [0.1, 0.15) is 19.3 Å². The molecule has 0 aromatic heterocycles. The summed E-state index contributed by atoms with van der Waals surface area (Å²) in [7, 11) is -9.89. The zero-order valence-electron chi connectivity index (χ0n) is 57.2. The fourth-order valence-corrected chi connectivity index (χ4v) is 11.9. The van der Waals surface area contributed by atoms with Crippen LogP contribution in [0.2, 0.25) is 0 Å². The lowest BCUT2D eigenvalue weighted by Gasteiger charge is -2.21. The number of aliphatic hydroxyl groups excluding tert-OH is 1. The fourth-order valence-electron chi connectivity index (χ4n) is 10.3. The summed E-state index contributed by atoms with van der Waals surface area (Å²) < 4.78 is 67.9. The van der Waals surface area contributed by atoms with Crippen molar-refractivity contribution in [2.45, 2.75) is 362 Å². The van der Waals surface area contributed by atoms with Gasteiger partial charge in [-0.2, -0.15) is 0 Å². The van der Waals surface area contributed by atoms with Crippen molar-refractivity contribution >= 4 is 39.5 Å². The Morgan fingerprint density at radius 2 is 0.580 bits per heavy atom. The Bertz CT molecular complexity index is 1730. The third kappa shape index (κ3) is 61.6. The Labute approximate surface area is 537 Å². The van der Waals surface area contributed by atoms with E-state index >= 15 is 0 Å². The van der Waals surface area contributed by atoms with Crippen LogP contribution in [0.4, 0.5) is 0 Å². The van der Waals surface area contributed by atoms with Crippen LogP contribution in [-0.4, -0.2) is 96.7 Å². The van der Waals surface area contributed by atoms with E-state index in [2.05, 4.69) is 48.5 Å². The molecule has 0 radical (unpaired) electrons. The van der Waals surface area contributed by atoms with Crippen molar-refractivity contribution in [2.24, 2.45) is 17.8 Å². The zero-order chi connectivity index (χ0) is 65.2. The van der Waals surface area contributed by atoms with E-state index in [9.17, 15) is 43.2 Å². The highest BCUT2D eigenvalue weighted by Crippen LogP contribution is 2.45. The van der Waals surface area contributed by atoms with Crippen molar-refractivity contribution in [1.82, 2.24) is 0 Å². The molecule has 0 aliphatic carbocycles. The van der Waals surface area contributed by atoms with Crippen LogP contribution >= 0.6 is 15.6 Å². The van der Waals surface area contributed by atoms with Crippen molar-refractivity contribution in [1.29, 1.82) is 0 Å². The Morgan fingerprint density at radius 3 is 0.864 bits per heavy atom. The van der Waals surface area contributed by atoms with Gasteiger partial charge in [0.05, 0.1) is 26.4 Å². The first-order valence-corrected chi connectivity index (χ1v) is 38.9. The number of phosphoric acid groups is 2. The lowest BCUT2D eigenvalue weighted by Crippen LogP contribution is -2.30. The third-order valence-corrected chi connectivity index (χ3v) is 18.1. The largest absolute Gasteiger partial charge is 0.472 e. The van der Waals surface area contributed by atoms with Crippen LogP contribution in [0, 0.1) is 17.8 Å². The quantitative estimate of drug-likeness (QED) is 0.0222. The minimum Gasteiger partial charge on any atom is -0.462 e. The molecule has 522 valence electrons. The highest BCUT2D eigenvalue weighted by molar-refractivity contribution is 7.47. The number of carbonyl (C=O) groups excluding carboxylic acids is 4. The van der Waals surface area contributed by atoms with Crippen molar-refractivity contribution in [3.8, 4) is 0 Å². The molecule has 0 saturated carbocycles. The zero-order valence-corrected chi connectivity index (χ0v) is 59.0. The summed E-state index contributed by atoms with van der Waals surface area (Å²) in [5.41, 5.74) is 0. The number of ether oxygens (including phenoxy) is 4. The van der Waals surface area contributed by atoms with E-state index in [1.165, 1.54) is 148 Å². The van der Waals surface area contributed by atoms with E-state index in [0.717, 1.165) is 108 Å². The summed E-state index contributed by atoms with van der Waals surface area (Å²) in [6.45, 7) is 11.7. The molecule has 19 heteroatoms. The molecular formula is C69H134O17P2. The number of hydrogen-bond acceptors (Lipinski definition) is 15. The van der Waals surface area contributed by atoms with E-state index in [1.807, 2.05) is 0 Å². The number of rotatable bonds is 67. The maximum absolute atomic E-state index is 13.0. The molecule has 17 nitrogen and oxygen atoms in total. The van der Waals surface area contributed by atoms with Crippen molar-refractivity contribution < 1.29 is 80.2 Å². The third-order valence-electron chi connectivity index (χ3n) is 16.2. The van der Waals surface area contributed by atoms with Gasteiger partial charge in [-0.15, -0.1) is 0 Å². The molecule has 3 N–H and O–H groups in total. The van der Waals surface area contributed by atoms with Crippen molar-refractivity contribution in [2.75, 3.05) is 39.6 Å². The average molecular weight is 1300 g/mol. The molecule has 0 heterocycles. The molecule has 0 bridgehead atoms. The monoisotopic (exact) mass is 1300 g/mol. The van der Waals surface area contributed by atoms with E-state index in [4.69, 9.17) is 37.0 Å². The van der Waals surface area contributed by atoms with Gasteiger partial charge >= 0.3 is 39.5 Å². The smallest absolute Gasteiger partial charge is 0.462 e. The molecule has 6 atom stereocenters. The maximum atomic E-state index is 13.0. The van der Waals surface area contributed by atoms with Gasteiger partial charge in [-0.25, -0.2) is 9.13 Å². The second-order valence-electron chi connectivity index (χ2n) is 26.1. The molecule has 0 aromatic rings. The van der Waals surface area contributed by atoms with Crippen LogP contribution in [0.5, 0.6) is 0 Å². The maximum Gasteiger partial charge on any atom is 0.472 e. The molecule has 0 aliphatic rings. The van der Waals surface area contributed by atoms with E-state index in [0.29, 0.717) is 31.6 Å². The Balaban J connectivity index is 5.08. The normalized spacial score (nSPS) is 14.5. The number of aliphatic hydroxyl groups is 1. The van der Waals surface area contributed by atoms with Gasteiger partial charge in [-0.05, 0) is 43.4 Å². The van der Waals surface area contributed by atoms with Gasteiger partial charge in [-0.1, -0.05) is 292 Å². The minimum atomic E-state index is -4.95. The van der Waals surface area contributed by atoms with Crippen molar-refractivity contribution in [3.63, 3.8) is 0 Å². The Morgan fingerprint density at radius 1 is 0.330 bits per heavy atom. The predicted octanol–water partition coefficient (Wildman–Crippen LogP) is 19.5. The summed E-state index contributed by atoms with van der Waals surface area (Å²) in [6.07, 6.45) is 43.7. The first-order valence-electron chi connectivity index (χ1n) is 35.9. The first kappa shape index (κ1) is 86.1.